The molecular weight excluding hydrogens is 1710 g/mol. The van der Waals surface area contributed by atoms with E-state index in [-0.39, 0.29) is 43.3 Å². The lowest BCUT2D eigenvalue weighted by Crippen LogP contribution is -2.44. The summed E-state index contributed by atoms with van der Waals surface area (Å²) >= 11 is 0. The molecule has 7 spiro atoms. The average Bonchev–Trinajstić information content (AvgIpc) is 1.46. The van der Waals surface area contributed by atoms with E-state index in [2.05, 4.69) is 308 Å². The van der Waals surface area contributed by atoms with Crippen molar-refractivity contribution in [1.29, 1.82) is 0 Å². The summed E-state index contributed by atoms with van der Waals surface area (Å²) in [5.74, 6) is 0. The van der Waals surface area contributed by atoms with Gasteiger partial charge in [0.15, 0.2) is 24.8 Å². The Morgan fingerprint density at radius 3 is 0.613 bits per heavy atom. The molecule has 0 radical (unpaired) electrons. The molecule has 0 aliphatic heterocycles. The summed E-state index contributed by atoms with van der Waals surface area (Å²) in [4.78, 5) is 0. The predicted octanol–water partition coefficient (Wildman–Crippen LogP) is 31.9. The minimum atomic E-state index is -2.22. The Bertz CT molecular complexity index is 8040. The van der Waals surface area contributed by atoms with E-state index >= 15 is 0 Å². The molecule has 11 aliphatic carbocycles. The van der Waals surface area contributed by atoms with E-state index in [1.807, 2.05) is 89.3 Å². The van der Waals surface area contributed by atoms with Gasteiger partial charge in [0.25, 0.3) is 0 Å². The molecule has 0 amide bonds. The number of nitrogens with zero attached hydrogens (tertiary/aromatic N) is 4. The zero-order chi connectivity index (χ0) is 107. The van der Waals surface area contributed by atoms with Crippen LogP contribution in [0.25, 0.3) is 89.5 Å². The SMILES string of the molecule is [2H]C([2H])([2H])c1c[n+](C)c(-c2ccccc2C)cc1-c1ccc2c(c1)C1(CC1)c1ccccc1C2(C)C.[2H]C([2H])([2H])c1c[n+](C)c(-c2ccccc2C)cc1-c1ccc2c(c1)C1(CC1)c1ccccc1C21CC1.[2H]C([2H])([2H])c1c[n+](C)c(-c2ccccc2C)cc1-c1ccc2c(c1)C1(CCCC1)c1ccccc1C21CCCC1.[2H]C([2H])([2H])c1c[n+](C)c(-c2ccccc2C)cc1-c1ccc2c(c1)C1(CCCCC1)c1ccccc1C21CCCCC1. The largest absolute Gasteiger partial charge is 0.213 e. The van der Waals surface area contributed by atoms with Crippen molar-refractivity contribution in [3.63, 3.8) is 0 Å². The molecule has 0 N–H and O–H groups in total. The first-order valence-electron chi connectivity index (χ1n) is 59.2. The van der Waals surface area contributed by atoms with E-state index in [4.69, 9.17) is 16.4 Å². The molecule has 710 valence electrons. The number of benzene rings is 12. The topological polar surface area (TPSA) is 15.5 Å². The van der Waals surface area contributed by atoms with Crippen molar-refractivity contribution in [3.05, 3.63) is 449 Å². The van der Waals surface area contributed by atoms with E-state index in [1.165, 1.54) is 236 Å². The van der Waals surface area contributed by atoms with Crippen LogP contribution in [-0.4, -0.2) is 0 Å². The van der Waals surface area contributed by atoms with Gasteiger partial charge in [-0.3, -0.25) is 0 Å². The number of rotatable bonds is 8. The van der Waals surface area contributed by atoms with Crippen molar-refractivity contribution in [1.82, 2.24) is 0 Å². The van der Waals surface area contributed by atoms with Gasteiger partial charge >= 0.3 is 0 Å². The standard InChI is InChI=1S/C38H42N.C36H38N.C32H30N.C32H32N/c1-27-14-6-7-15-30(27)36-25-31(28(2)26-39(36)3)29-18-19-34-35(24-29)38(22-12-5-13-23-38)33-17-9-8-16-32(33)37(34)20-10-4-11-21-37;1-25-12-4-5-13-28(25)34-23-29(26(2)24-37(34)3)27-16-17-32-33(22-27)36(20-10-11-21-36)31-15-7-6-14-30(31)35(32)18-8-9-19-35;1-21-8-4-5-9-24(21)30-19-25(22(2)20-33(30)3)23-12-13-28-29(18-23)32(16-17-32)27-11-7-6-10-26(27)31(28)14-15-31;1-21-10-6-7-11-24(21)30-19-25(22(2)20-33(30)5)23-14-15-27-29(18-23)32(16-17-32)28-13-9-8-12-26(28)31(27,3)4/h6-9,14-19,24-26H,4-5,10-13,20-23H2,1-3H3;4-7,12-17,22-24H,8-11,18-21H2,1-3H3;4-13,18-20H,14-17H2,1-3H3;6-15,18-20H,16-17H2,1-5H3/q4*+1/i4*2D3. The van der Waals surface area contributed by atoms with Crippen molar-refractivity contribution < 1.29 is 34.7 Å². The van der Waals surface area contributed by atoms with E-state index in [0.29, 0.717) is 22.3 Å². The Hall–Kier alpha value is -12.8. The van der Waals surface area contributed by atoms with Gasteiger partial charge in [-0.2, -0.15) is 0 Å². The Balaban J connectivity index is 0.000000109. The molecule has 0 bridgehead atoms. The molecule has 4 aromatic heterocycles. The number of aromatic nitrogens is 4. The predicted molar refractivity (Wildman–Crippen MR) is 586 cm³/mol. The maximum Gasteiger partial charge on any atom is 0.213 e. The molecule has 16 aromatic rings. The molecule has 4 heterocycles. The quantitative estimate of drug-likeness (QED) is 0.135. The zero-order valence-electron chi connectivity index (χ0n) is 96.8. The second kappa shape index (κ2) is 35.1. The van der Waals surface area contributed by atoms with Crippen LogP contribution >= 0.6 is 0 Å². The summed E-state index contributed by atoms with van der Waals surface area (Å²) in [6.45, 7) is 4.23. The van der Waals surface area contributed by atoms with Crippen LogP contribution < -0.4 is 18.3 Å². The van der Waals surface area contributed by atoms with Crippen molar-refractivity contribution in [3.8, 4) is 89.5 Å². The Kier molecular flexibility index (Phi) is 19.5. The van der Waals surface area contributed by atoms with Gasteiger partial charge in [0.2, 0.25) is 22.8 Å². The van der Waals surface area contributed by atoms with Gasteiger partial charge in [-0.1, -0.05) is 296 Å². The second-order valence-corrected chi connectivity index (χ2v) is 45.1. The highest BCUT2D eigenvalue weighted by Gasteiger charge is 2.61. The fourth-order valence-corrected chi connectivity index (χ4v) is 29.3. The number of fused-ring (bicyclic) bond motifs is 22. The van der Waals surface area contributed by atoms with Crippen LogP contribution in [0.2, 0.25) is 0 Å². The summed E-state index contributed by atoms with van der Waals surface area (Å²) < 4.78 is 109. The van der Waals surface area contributed by atoms with E-state index < -0.39 is 27.4 Å². The van der Waals surface area contributed by atoms with Crippen molar-refractivity contribution in [2.24, 2.45) is 28.2 Å². The Labute approximate surface area is 863 Å². The summed E-state index contributed by atoms with van der Waals surface area (Å²) in [6, 6.07) is 106. The van der Waals surface area contributed by atoms with Gasteiger partial charge in [-0.25, -0.2) is 18.3 Å². The average molecular weight is 1870 g/mol. The maximum atomic E-state index is 8.53. The minimum Gasteiger partial charge on any atom is -0.201 e. The third-order valence-corrected chi connectivity index (χ3v) is 37.0. The molecule has 11 aliphatic rings. The lowest BCUT2D eigenvalue weighted by atomic mass is 9.51. The van der Waals surface area contributed by atoms with Gasteiger partial charge in [-0.15, -0.1) is 0 Å². The van der Waals surface area contributed by atoms with Gasteiger partial charge in [-0.05, 0) is 349 Å². The second-order valence-electron chi connectivity index (χ2n) is 45.1. The molecular formula is C138H142N4+4. The normalized spacial score (nSPS) is 19.9. The highest BCUT2D eigenvalue weighted by Crippen LogP contribution is 2.70. The Morgan fingerprint density at radius 2 is 0.366 bits per heavy atom. The number of hydrogen-bond donors (Lipinski definition) is 0. The van der Waals surface area contributed by atoms with Crippen LogP contribution in [0.4, 0.5) is 0 Å². The molecule has 27 rings (SSSR count). The summed E-state index contributed by atoms with van der Waals surface area (Å²) in [6.07, 6.45) is 36.4. The highest BCUT2D eigenvalue weighted by atomic mass is 14.9. The highest BCUT2D eigenvalue weighted by molar-refractivity contribution is 5.82. The number of pyridine rings is 4. The minimum absolute atomic E-state index is 0.00131. The summed E-state index contributed by atoms with van der Waals surface area (Å²) in [7, 11) is 7.81. The first-order valence-corrected chi connectivity index (χ1v) is 53.2. The molecule has 0 unspecified atom stereocenters. The van der Waals surface area contributed by atoms with Gasteiger partial charge in [0, 0.05) is 129 Å². The molecule has 142 heavy (non-hydrogen) atoms. The fraction of sp³-hybridized carbons (Fsp3) is 0.333. The van der Waals surface area contributed by atoms with Crippen molar-refractivity contribution >= 4 is 0 Å². The summed E-state index contributed by atoms with van der Waals surface area (Å²) in [5.41, 5.74) is 46.3. The lowest BCUT2D eigenvalue weighted by Gasteiger charge is -2.52. The fourth-order valence-electron chi connectivity index (χ4n) is 29.3. The maximum absolute atomic E-state index is 8.53. The van der Waals surface area contributed by atoms with Crippen LogP contribution in [0.3, 0.4) is 0 Å². The molecule has 4 heteroatoms. The first kappa shape index (κ1) is 78.8. The van der Waals surface area contributed by atoms with Gasteiger partial charge in [0.05, 0.1) is 0 Å². The molecule has 12 aromatic carbocycles. The van der Waals surface area contributed by atoms with Crippen molar-refractivity contribution in [2.75, 3.05) is 0 Å². The van der Waals surface area contributed by atoms with Crippen LogP contribution in [0.1, 0.15) is 318 Å². The van der Waals surface area contributed by atoms with Crippen LogP contribution in [0.5, 0.6) is 0 Å². The number of aryl methyl sites for hydroxylation is 12. The smallest absolute Gasteiger partial charge is 0.201 e. The van der Waals surface area contributed by atoms with Crippen molar-refractivity contribution in [2.45, 2.75) is 266 Å². The molecule has 7 fully saturated rings. The monoisotopic (exact) mass is 1870 g/mol. The van der Waals surface area contributed by atoms with Crippen LogP contribution in [-0.2, 0) is 71.5 Å². The molecule has 0 saturated heterocycles. The van der Waals surface area contributed by atoms with E-state index in [1.54, 1.807) is 22.9 Å². The third kappa shape index (κ3) is 14.6. The van der Waals surface area contributed by atoms with Gasteiger partial charge in [0.1, 0.15) is 28.2 Å². The Morgan fingerprint density at radius 1 is 0.183 bits per heavy atom. The van der Waals surface area contributed by atoms with E-state index in [0.717, 1.165) is 102 Å². The molecule has 4 nitrogen and oxygen atoms in total. The van der Waals surface area contributed by atoms with Gasteiger partial charge < -0.3 is 0 Å². The lowest BCUT2D eigenvalue weighted by molar-refractivity contribution is -0.660. The van der Waals surface area contributed by atoms with Crippen LogP contribution in [0, 0.1) is 55.1 Å². The summed E-state index contributed by atoms with van der Waals surface area (Å²) in [5, 5.41) is 0. The molecule has 7 saturated carbocycles. The zero-order valence-corrected chi connectivity index (χ0v) is 84.8. The van der Waals surface area contributed by atoms with E-state index in [9.17, 15) is 0 Å². The number of hydrogen-bond acceptors (Lipinski definition) is 0. The van der Waals surface area contributed by atoms with Crippen LogP contribution in [0.15, 0.2) is 316 Å². The third-order valence-electron chi connectivity index (χ3n) is 37.0. The molecule has 0 atom stereocenters. The first-order chi connectivity index (χ1) is 73.8.